The summed E-state index contributed by atoms with van der Waals surface area (Å²) in [6.45, 7) is 0. The molecule has 0 aliphatic carbocycles. The molecule has 2 aliphatic heterocycles. The van der Waals surface area contributed by atoms with E-state index in [1.807, 2.05) is 0 Å². The lowest BCUT2D eigenvalue weighted by molar-refractivity contribution is 0.0588. The van der Waals surface area contributed by atoms with E-state index in [0.29, 0.717) is 12.8 Å². The molecule has 2 aromatic carbocycles. The van der Waals surface area contributed by atoms with E-state index >= 15 is 0 Å². The van der Waals surface area contributed by atoms with Crippen LogP contribution in [0.2, 0.25) is 0 Å². The third-order valence-corrected chi connectivity index (χ3v) is 7.80. The third kappa shape index (κ3) is 3.04. The van der Waals surface area contributed by atoms with Crippen LogP contribution in [0.4, 0.5) is 8.78 Å². The second-order valence-electron chi connectivity index (χ2n) is 7.15. The Morgan fingerprint density at radius 1 is 0.889 bits per heavy atom. The first kappa shape index (κ1) is 18.1. The molecule has 2 fully saturated rings. The Balaban J connectivity index is 1.61. The molecule has 1 amide bonds. The van der Waals surface area contributed by atoms with Crippen molar-refractivity contribution >= 4 is 15.7 Å². The number of benzene rings is 2. The van der Waals surface area contributed by atoms with Crippen LogP contribution in [0.5, 0.6) is 0 Å². The van der Waals surface area contributed by atoms with Gasteiger partial charge in [0, 0.05) is 12.1 Å². The van der Waals surface area contributed by atoms with E-state index in [0.717, 1.165) is 12.1 Å². The van der Waals surface area contributed by atoms with Gasteiger partial charge < -0.3 is 4.90 Å². The Bertz CT molecular complexity index is 944. The molecular formula is C20H19F2NO3S. The van der Waals surface area contributed by atoms with Crippen molar-refractivity contribution < 1.29 is 22.0 Å². The first-order valence-corrected chi connectivity index (χ1v) is 10.5. The Morgan fingerprint density at radius 3 is 2.00 bits per heavy atom. The average molecular weight is 391 g/mol. The second kappa shape index (κ2) is 6.71. The van der Waals surface area contributed by atoms with E-state index < -0.39 is 38.2 Å². The van der Waals surface area contributed by atoms with Crippen molar-refractivity contribution in [1.82, 2.24) is 4.90 Å². The van der Waals surface area contributed by atoms with Gasteiger partial charge in [-0.25, -0.2) is 17.2 Å². The van der Waals surface area contributed by atoms with Gasteiger partial charge in [-0.3, -0.25) is 4.79 Å². The van der Waals surface area contributed by atoms with Gasteiger partial charge in [-0.15, -0.1) is 0 Å². The lowest BCUT2D eigenvalue weighted by Crippen LogP contribution is -2.50. The number of carbonyl (C=O) groups excluding carboxylic acids is 1. The molecule has 0 spiro atoms. The number of rotatable bonds is 3. The van der Waals surface area contributed by atoms with Gasteiger partial charge in [-0.1, -0.05) is 24.3 Å². The minimum Gasteiger partial charge on any atom is -0.332 e. The fourth-order valence-electron chi connectivity index (χ4n) is 4.35. The zero-order valence-electron chi connectivity index (χ0n) is 14.5. The molecule has 0 radical (unpaired) electrons. The van der Waals surface area contributed by atoms with E-state index in [1.54, 1.807) is 30.3 Å². The van der Waals surface area contributed by atoms with Gasteiger partial charge in [0.05, 0.1) is 10.1 Å². The van der Waals surface area contributed by atoms with Crippen molar-refractivity contribution in [1.29, 1.82) is 0 Å². The maximum atomic E-state index is 14.0. The summed E-state index contributed by atoms with van der Waals surface area (Å²) in [6.07, 6.45) is 1.87. The van der Waals surface area contributed by atoms with Crippen LogP contribution in [-0.4, -0.2) is 36.6 Å². The molecule has 27 heavy (non-hydrogen) atoms. The molecule has 4 rings (SSSR count). The van der Waals surface area contributed by atoms with Crippen LogP contribution in [0.1, 0.15) is 36.0 Å². The summed E-state index contributed by atoms with van der Waals surface area (Å²) >= 11 is 0. The number of amides is 1. The smallest absolute Gasteiger partial charge is 0.260 e. The van der Waals surface area contributed by atoms with E-state index in [1.165, 1.54) is 11.0 Å². The third-order valence-electron chi connectivity index (χ3n) is 5.61. The fraction of sp³-hybridized carbons (Fsp3) is 0.350. The molecule has 0 saturated carbocycles. The summed E-state index contributed by atoms with van der Waals surface area (Å²) in [6, 6.07) is 11.0. The molecule has 2 unspecified atom stereocenters. The largest absolute Gasteiger partial charge is 0.332 e. The normalized spacial score (nSPS) is 24.8. The van der Waals surface area contributed by atoms with E-state index in [-0.39, 0.29) is 29.8 Å². The Hall–Kier alpha value is -2.28. The van der Waals surface area contributed by atoms with Gasteiger partial charge in [-0.2, -0.15) is 0 Å². The fourth-order valence-corrected chi connectivity index (χ4v) is 6.22. The highest BCUT2D eigenvalue weighted by Gasteiger charge is 2.48. The molecule has 0 aromatic heterocycles. The summed E-state index contributed by atoms with van der Waals surface area (Å²) in [5, 5.41) is -0.591. The van der Waals surface area contributed by atoms with E-state index in [2.05, 4.69) is 0 Å². The number of carbonyl (C=O) groups is 1. The van der Waals surface area contributed by atoms with Gasteiger partial charge in [0.2, 0.25) is 0 Å². The Labute approximate surface area is 156 Å². The molecule has 2 saturated heterocycles. The summed E-state index contributed by atoms with van der Waals surface area (Å²) < 4.78 is 53.9. The Kier molecular flexibility index (Phi) is 4.50. The first-order valence-electron chi connectivity index (χ1n) is 8.95. The molecule has 2 bridgehead atoms. The van der Waals surface area contributed by atoms with Crippen molar-refractivity contribution in [3.05, 3.63) is 65.7 Å². The minimum atomic E-state index is -3.50. The van der Waals surface area contributed by atoms with Crippen LogP contribution in [0.25, 0.3) is 0 Å². The summed E-state index contributed by atoms with van der Waals surface area (Å²) in [5.74, 6) is -2.47. The molecule has 2 aromatic rings. The van der Waals surface area contributed by atoms with E-state index in [4.69, 9.17) is 0 Å². The van der Waals surface area contributed by atoms with Gasteiger partial charge in [0.25, 0.3) is 5.91 Å². The van der Waals surface area contributed by atoms with Crippen LogP contribution >= 0.6 is 0 Å². The molecule has 2 atom stereocenters. The number of halogens is 2. The highest BCUT2D eigenvalue weighted by molar-refractivity contribution is 7.92. The van der Waals surface area contributed by atoms with Gasteiger partial charge >= 0.3 is 0 Å². The predicted octanol–water partition coefficient (Wildman–Crippen LogP) is 3.57. The van der Waals surface area contributed by atoms with Crippen LogP contribution < -0.4 is 0 Å². The summed E-state index contributed by atoms with van der Waals surface area (Å²) in [4.78, 5) is 14.6. The summed E-state index contributed by atoms with van der Waals surface area (Å²) in [5.41, 5.74) is -0.557. The van der Waals surface area contributed by atoms with Crippen molar-refractivity contribution in [3.63, 3.8) is 0 Å². The van der Waals surface area contributed by atoms with Crippen molar-refractivity contribution in [2.45, 2.75) is 47.9 Å². The first-order chi connectivity index (χ1) is 12.9. The minimum absolute atomic E-state index is 0.273. The van der Waals surface area contributed by atoms with Crippen molar-refractivity contribution in [3.8, 4) is 0 Å². The van der Waals surface area contributed by atoms with Crippen molar-refractivity contribution in [2.24, 2.45) is 0 Å². The highest BCUT2D eigenvalue weighted by Crippen LogP contribution is 2.41. The molecule has 7 heteroatoms. The predicted molar refractivity (Wildman–Crippen MR) is 96.0 cm³/mol. The van der Waals surface area contributed by atoms with Crippen molar-refractivity contribution in [2.75, 3.05) is 0 Å². The zero-order chi connectivity index (χ0) is 19.2. The number of nitrogens with zero attached hydrogens (tertiary/aromatic N) is 1. The molecule has 2 heterocycles. The van der Waals surface area contributed by atoms with Crippen LogP contribution in [0.3, 0.4) is 0 Å². The topological polar surface area (TPSA) is 54.5 Å². The SMILES string of the molecule is O=C(c1c(F)cccc1F)N1C2CCC1CC(S(=O)(=O)c1ccccc1)C2. The molecule has 142 valence electrons. The number of hydrogen-bond acceptors (Lipinski definition) is 3. The quantitative estimate of drug-likeness (QED) is 0.804. The maximum Gasteiger partial charge on any atom is 0.260 e. The zero-order valence-corrected chi connectivity index (χ0v) is 15.3. The molecule has 0 N–H and O–H groups in total. The number of hydrogen-bond donors (Lipinski definition) is 0. The molecule has 2 aliphatic rings. The van der Waals surface area contributed by atoms with E-state index in [9.17, 15) is 22.0 Å². The van der Waals surface area contributed by atoms with Crippen LogP contribution in [0, 0.1) is 11.6 Å². The number of fused-ring (bicyclic) bond motifs is 2. The average Bonchev–Trinajstić information content (AvgIpc) is 2.91. The van der Waals surface area contributed by atoms with Gasteiger partial charge in [0.1, 0.15) is 17.2 Å². The van der Waals surface area contributed by atoms with Gasteiger partial charge in [-0.05, 0) is 49.9 Å². The standard InChI is InChI=1S/C20H19F2NO3S/c21-17-7-4-8-18(22)19(17)20(24)23-13-9-10-14(23)12-16(11-13)27(25,26)15-5-2-1-3-6-15/h1-8,13-14,16H,9-12H2. The monoisotopic (exact) mass is 391 g/mol. The molecule has 4 nitrogen and oxygen atoms in total. The van der Waals surface area contributed by atoms with Crippen LogP contribution in [-0.2, 0) is 9.84 Å². The Morgan fingerprint density at radius 2 is 1.44 bits per heavy atom. The number of sulfone groups is 1. The van der Waals surface area contributed by atoms with Gasteiger partial charge in [0.15, 0.2) is 9.84 Å². The highest BCUT2D eigenvalue weighted by atomic mass is 32.2. The molecular weight excluding hydrogens is 372 g/mol. The lowest BCUT2D eigenvalue weighted by atomic mass is 10.0. The second-order valence-corrected chi connectivity index (χ2v) is 9.37. The lowest BCUT2D eigenvalue weighted by Gasteiger charge is -2.38. The maximum absolute atomic E-state index is 14.0. The summed E-state index contributed by atoms with van der Waals surface area (Å²) in [7, 11) is -3.50. The number of piperidine rings is 1. The van der Waals surface area contributed by atoms with Crippen LogP contribution in [0.15, 0.2) is 53.4 Å².